The summed E-state index contributed by atoms with van der Waals surface area (Å²) in [6.07, 6.45) is 2.27. The third-order valence-corrected chi connectivity index (χ3v) is 6.00. The van der Waals surface area contributed by atoms with Gasteiger partial charge < -0.3 is 29.5 Å². The molecule has 4 N–H and O–H groups in total. The van der Waals surface area contributed by atoms with Crippen molar-refractivity contribution in [3.05, 3.63) is 0 Å². The van der Waals surface area contributed by atoms with Crippen LogP contribution in [-0.4, -0.2) is 76.2 Å². The fourth-order valence-electron chi connectivity index (χ4n) is 4.47. The molecule has 11 heteroatoms. The Labute approximate surface area is 177 Å². The Morgan fingerprint density at radius 1 is 1.23 bits per heavy atom. The minimum atomic E-state index is -1.40. The normalized spacial score (nSPS) is 26.2. The molecule has 2 fully saturated rings. The van der Waals surface area contributed by atoms with Gasteiger partial charge in [0.15, 0.2) is 0 Å². The van der Waals surface area contributed by atoms with Gasteiger partial charge in [0.05, 0.1) is 6.04 Å². The molecule has 2 heterocycles. The molecule has 0 aromatic rings. The van der Waals surface area contributed by atoms with Gasteiger partial charge in [0.2, 0.25) is 6.29 Å². The molecule has 2 rings (SSSR count). The van der Waals surface area contributed by atoms with E-state index in [-0.39, 0.29) is 24.7 Å². The summed E-state index contributed by atoms with van der Waals surface area (Å²) in [5.41, 5.74) is -1.15. The van der Waals surface area contributed by atoms with E-state index in [9.17, 15) is 19.5 Å². The van der Waals surface area contributed by atoms with Crippen molar-refractivity contribution in [3.8, 4) is 0 Å². The number of carboxylic acids is 1. The summed E-state index contributed by atoms with van der Waals surface area (Å²) in [6, 6.07) is -0.319. The summed E-state index contributed by atoms with van der Waals surface area (Å²) >= 11 is 0. The zero-order valence-corrected chi connectivity index (χ0v) is 17.7. The molecule has 0 aromatic heterocycles. The topological polar surface area (TPSA) is 146 Å². The standard InChI is InChI=1S/C19H33BN2O8/c1-3-4-7-16(23)29-13(2)30-18(26)22-11-8-14-15(22)12-21-19(14,17(24)25)9-5-6-10-20(27)28/h13-15,21,27-28H,3-12H2,1-2H3,(H,24,25)/t13?,14-,15-,19+/m0/s1. The van der Waals surface area contributed by atoms with Gasteiger partial charge in [-0.1, -0.05) is 26.2 Å². The van der Waals surface area contributed by atoms with Crippen LogP contribution in [0, 0.1) is 5.92 Å². The van der Waals surface area contributed by atoms with Gasteiger partial charge >= 0.3 is 25.2 Å². The molecule has 0 spiro atoms. The van der Waals surface area contributed by atoms with E-state index in [4.69, 9.17) is 19.5 Å². The second kappa shape index (κ2) is 11.0. The van der Waals surface area contributed by atoms with Crippen molar-refractivity contribution >= 4 is 25.2 Å². The van der Waals surface area contributed by atoms with E-state index in [2.05, 4.69) is 5.32 Å². The molecule has 2 aliphatic rings. The smallest absolute Gasteiger partial charge is 0.451 e. The number of hydrogen-bond acceptors (Lipinski definition) is 8. The number of aliphatic carboxylic acids is 1. The third-order valence-electron chi connectivity index (χ3n) is 6.00. The van der Waals surface area contributed by atoms with Crippen LogP contribution in [0.2, 0.25) is 6.32 Å². The first-order valence-electron chi connectivity index (χ1n) is 10.7. The number of carbonyl (C=O) groups is 3. The van der Waals surface area contributed by atoms with Crippen LogP contribution in [0.3, 0.4) is 0 Å². The number of carbonyl (C=O) groups excluding carboxylic acids is 2. The van der Waals surface area contributed by atoms with Gasteiger partial charge in [-0.25, -0.2) is 4.79 Å². The van der Waals surface area contributed by atoms with Crippen LogP contribution >= 0.6 is 0 Å². The Balaban J connectivity index is 1.92. The van der Waals surface area contributed by atoms with Crippen molar-refractivity contribution in [3.63, 3.8) is 0 Å². The monoisotopic (exact) mass is 428 g/mol. The number of amides is 1. The Kier molecular flexibility index (Phi) is 8.93. The Morgan fingerprint density at radius 3 is 2.60 bits per heavy atom. The number of fused-ring (bicyclic) bond motifs is 1. The highest BCUT2D eigenvalue weighted by atomic mass is 16.7. The largest absolute Gasteiger partial charge is 0.480 e. The average Bonchev–Trinajstić information content (AvgIpc) is 3.24. The van der Waals surface area contributed by atoms with Crippen LogP contribution in [0.25, 0.3) is 0 Å². The maximum absolute atomic E-state index is 12.6. The van der Waals surface area contributed by atoms with E-state index >= 15 is 0 Å². The second-order valence-electron chi connectivity index (χ2n) is 8.08. The van der Waals surface area contributed by atoms with E-state index in [0.717, 1.165) is 6.42 Å². The molecule has 2 saturated heterocycles. The fourth-order valence-corrected chi connectivity index (χ4v) is 4.47. The average molecular weight is 428 g/mol. The van der Waals surface area contributed by atoms with Crippen molar-refractivity contribution in [2.24, 2.45) is 5.92 Å². The SMILES string of the molecule is CCCCC(=O)OC(C)OC(=O)N1CC[C@H]2[C@@H]1CN[C@@]2(CCCCB(O)O)C(=O)O. The molecule has 30 heavy (non-hydrogen) atoms. The molecule has 0 saturated carbocycles. The number of esters is 1. The Bertz CT molecular complexity index is 619. The van der Waals surface area contributed by atoms with E-state index in [1.165, 1.54) is 11.8 Å². The van der Waals surface area contributed by atoms with Gasteiger partial charge in [0.1, 0.15) is 5.54 Å². The molecule has 10 nitrogen and oxygen atoms in total. The number of nitrogens with zero attached hydrogens (tertiary/aromatic N) is 1. The van der Waals surface area contributed by atoms with E-state index in [1.54, 1.807) is 0 Å². The maximum Gasteiger partial charge on any atom is 0.451 e. The lowest BCUT2D eigenvalue weighted by Gasteiger charge is -2.30. The minimum Gasteiger partial charge on any atom is -0.480 e. The van der Waals surface area contributed by atoms with Crippen LogP contribution in [0.5, 0.6) is 0 Å². The predicted octanol–water partition coefficient (Wildman–Crippen LogP) is 0.963. The molecule has 0 radical (unpaired) electrons. The number of unbranched alkanes of at least 4 members (excludes halogenated alkanes) is 2. The van der Waals surface area contributed by atoms with Crippen molar-refractivity contribution in [2.75, 3.05) is 13.1 Å². The summed E-state index contributed by atoms with van der Waals surface area (Å²) in [5.74, 6) is -1.66. The van der Waals surface area contributed by atoms with Crippen molar-refractivity contribution in [1.82, 2.24) is 10.2 Å². The first-order chi connectivity index (χ1) is 14.2. The quantitative estimate of drug-likeness (QED) is 0.164. The number of rotatable bonds is 11. The first kappa shape index (κ1) is 24.4. The molecule has 2 aliphatic heterocycles. The van der Waals surface area contributed by atoms with Crippen LogP contribution < -0.4 is 5.32 Å². The van der Waals surface area contributed by atoms with Crippen LogP contribution in [0.1, 0.15) is 58.8 Å². The summed E-state index contributed by atoms with van der Waals surface area (Å²) in [5, 5.41) is 30.9. The van der Waals surface area contributed by atoms with Crippen molar-refractivity contribution in [1.29, 1.82) is 0 Å². The molecule has 170 valence electrons. The zero-order valence-electron chi connectivity index (χ0n) is 17.7. The number of carboxylic acid groups (broad SMARTS) is 1. The zero-order chi connectivity index (χ0) is 22.3. The van der Waals surface area contributed by atoms with E-state index < -0.39 is 37.0 Å². The van der Waals surface area contributed by atoms with Crippen molar-refractivity contribution in [2.45, 2.75) is 83.0 Å². The lowest BCUT2D eigenvalue weighted by molar-refractivity contribution is -0.166. The fraction of sp³-hybridized carbons (Fsp3) is 0.842. The summed E-state index contributed by atoms with van der Waals surface area (Å²) in [7, 11) is -1.40. The number of nitrogens with one attached hydrogen (secondary N) is 1. The molecular formula is C19H33BN2O8. The number of hydrogen-bond donors (Lipinski definition) is 4. The number of likely N-dealkylation sites (tertiary alicyclic amines) is 1. The van der Waals surface area contributed by atoms with Gasteiger partial charge in [-0.2, -0.15) is 0 Å². The lowest BCUT2D eigenvalue weighted by Crippen LogP contribution is -2.52. The minimum absolute atomic E-state index is 0.192. The van der Waals surface area contributed by atoms with Gasteiger partial charge in [0.25, 0.3) is 0 Å². The van der Waals surface area contributed by atoms with Crippen molar-refractivity contribution < 1.29 is 39.0 Å². The maximum atomic E-state index is 12.6. The third kappa shape index (κ3) is 5.86. The molecular weight excluding hydrogens is 395 g/mol. The molecule has 4 atom stereocenters. The Morgan fingerprint density at radius 2 is 1.97 bits per heavy atom. The van der Waals surface area contributed by atoms with Gasteiger partial charge in [-0.15, -0.1) is 0 Å². The summed E-state index contributed by atoms with van der Waals surface area (Å²) < 4.78 is 10.4. The molecule has 0 bridgehead atoms. The van der Waals surface area contributed by atoms with Crippen LogP contribution in [0.15, 0.2) is 0 Å². The van der Waals surface area contributed by atoms with E-state index in [0.29, 0.717) is 45.2 Å². The van der Waals surface area contributed by atoms with Gasteiger partial charge in [0, 0.05) is 32.4 Å². The predicted molar refractivity (Wildman–Crippen MR) is 107 cm³/mol. The van der Waals surface area contributed by atoms with Gasteiger partial charge in [-0.05, 0) is 25.6 Å². The number of ether oxygens (including phenoxy) is 2. The molecule has 1 amide bonds. The highest BCUT2D eigenvalue weighted by molar-refractivity contribution is 6.40. The highest BCUT2D eigenvalue weighted by Gasteiger charge is 2.58. The van der Waals surface area contributed by atoms with E-state index in [1.807, 2.05) is 6.92 Å². The first-order valence-corrected chi connectivity index (χ1v) is 10.7. The second-order valence-corrected chi connectivity index (χ2v) is 8.08. The van der Waals surface area contributed by atoms with Crippen LogP contribution in [0.4, 0.5) is 4.79 Å². The summed E-state index contributed by atoms with van der Waals surface area (Å²) in [4.78, 5) is 37.9. The van der Waals surface area contributed by atoms with Crippen LogP contribution in [-0.2, 0) is 19.1 Å². The lowest BCUT2D eigenvalue weighted by atomic mass is 9.77. The van der Waals surface area contributed by atoms with Gasteiger partial charge in [-0.3, -0.25) is 14.9 Å². The highest BCUT2D eigenvalue weighted by Crippen LogP contribution is 2.41. The summed E-state index contributed by atoms with van der Waals surface area (Å²) in [6.45, 7) is 4.15. The molecule has 0 aliphatic carbocycles. The Hall–Kier alpha value is -1.85. The molecule has 0 aromatic carbocycles. The molecule has 1 unspecified atom stereocenters.